The number of hydrogen-bond acceptors (Lipinski definition) is 5. The molecule has 1 fully saturated rings. The lowest BCUT2D eigenvalue weighted by molar-refractivity contribution is -0.132. The van der Waals surface area contributed by atoms with E-state index in [0.717, 1.165) is 49.2 Å². The number of ether oxygens (including phenoxy) is 2. The Balaban J connectivity index is 1.78. The molecule has 0 saturated carbocycles. The fourth-order valence-electron chi connectivity index (χ4n) is 4.91. The third-order valence-corrected chi connectivity index (χ3v) is 6.69. The largest absolute Gasteiger partial charge is 0.493 e. The van der Waals surface area contributed by atoms with Crippen LogP contribution in [0.4, 0.5) is 0 Å². The second-order valence-corrected chi connectivity index (χ2v) is 8.57. The lowest BCUT2D eigenvalue weighted by Crippen LogP contribution is -2.32. The highest BCUT2D eigenvalue weighted by Gasteiger charge is 2.30. The molecule has 176 valence electrons. The Morgan fingerprint density at radius 3 is 2.48 bits per heavy atom. The van der Waals surface area contributed by atoms with E-state index in [4.69, 9.17) is 9.47 Å². The Labute approximate surface area is 192 Å². The zero-order chi connectivity index (χ0) is 23.7. The summed E-state index contributed by atoms with van der Waals surface area (Å²) in [6.45, 7) is 5.39. The molecular formula is C25H30N2O6. The number of aromatic carboxylic acids is 1. The van der Waals surface area contributed by atoms with Crippen molar-refractivity contribution in [1.82, 2.24) is 9.47 Å². The van der Waals surface area contributed by atoms with E-state index < -0.39 is 11.4 Å². The van der Waals surface area contributed by atoms with Gasteiger partial charge in [-0.25, -0.2) is 4.79 Å². The summed E-state index contributed by atoms with van der Waals surface area (Å²) < 4.78 is 13.4. The van der Waals surface area contributed by atoms with E-state index in [2.05, 4.69) is 0 Å². The molecule has 1 unspecified atom stereocenters. The minimum Gasteiger partial charge on any atom is -0.493 e. The first-order valence-electron chi connectivity index (χ1n) is 11.5. The number of rotatable bonds is 7. The monoisotopic (exact) mass is 454 g/mol. The molecule has 8 heteroatoms. The molecule has 2 aliphatic rings. The van der Waals surface area contributed by atoms with Gasteiger partial charge in [-0.3, -0.25) is 9.59 Å². The van der Waals surface area contributed by atoms with Crippen molar-refractivity contribution in [3.8, 4) is 22.8 Å². The van der Waals surface area contributed by atoms with Crippen LogP contribution in [0.15, 0.2) is 23.1 Å². The maximum atomic E-state index is 13.0. The number of hydrogen-bond donors (Lipinski definition) is 1. The van der Waals surface area contributed by atoms with Crippen LogP contribution in [0.25, 0.3) is 11.3 Å². The van der Waals surface area contributed by atoms with Gasteiger partial charge in [-0.05, 0) is 49.8 Å². The van der Waals surface area contributed by atoms with Crippen LogP contribution in [0.3, 0.4) is 0 Å². The Kier molecular flexibility index (Phi) is 6.44. The average Bonchev–Trinajstić information content (AvgIpc) is 3.36. The molecule has 8 nitrogen and oxygen atoms in total. The molecule has 1 aromatic heterocycles. The molecule has 1 N–H and O–H groups in total. The second kappa shape index (κ2) is 9.29. The Hall–Kier alpha value is -3.29. The van der Waals surface area contributed by atoms with Gasteiger partial charge in [0.15, 0.2) is 23.5 Å². The number of methoxy groups -OCH3 is 1. The van der Waals surface area contributed by atoms with E-state index in [9.17, 15) is 19.5 Å². The molecule has 0 spiro atoms. The first kappa shape index (κ1) is 22.9. The van der Waals surface area contributed by atoms with E-state index in [1.54, 1.807) is 0 Å². The molecule has 1 amide bonds. The van der Waals surface area contributed by atoms with Gasteiger partial charge in [0.2, 0.25) is 0 Å². The normalized spacial score (nSPS) is 16.8. The van der Waals surface area contributed by atoms with E-state index in [0.29, 0.717) is 29.9 Å². The number of amides is 1. The summed E-state index contributed by atoms with van der Waals surface area (Å²) in [6, 6.07) is 3.73. The highest BCUT2D eigenvalue weighted by atomic mass is 16.5. The van der Waals surface area contributed by atoms with Crippen molar-refractivity contribution in [3.63, 3.8) is 0 Å². The molecule has 1 aromatic carbocycles. The van der Waals surface area contributed by atoms with Crippen LogP contribution in [0.1, 0.15) is 60.6 Å². The Bertz CT molecular complexity index is 1150. The lowest BCUT2D eigenvalue weighted by Gasteiger charge is -2.32. The zero-order valence-corrected chi connectivity index (χ0v) is 19.3. The number of carbonyl (C=O) groups excluding carboxylic acids is 1. The van der Waals surface area contributed by atoms with Gasteiger partial charge in [-0.15, -0.1) is 0 Å². The number of benzene rings is 1. The Morgan fingerprint density at radius 1 is 1.15 bits per heavy atom. The number of carbonyl (C=O) groups is 2. The number of pyridine rings is 1. The molecule has 2 aromatic rings. The zero-order valence-electron chi connectivity index (χ0n) is 19.3. The maximum absolute atomic E-state index is 13.0. The van der Waals surface area contributed by atoms with E-state index >= 15 is 0 Å². The second-order valence-electron chi connectivity index (χ2n) is 8.57. The number of carboxylic acids is 1. The summed E-state index contributed by atoms with van der Waals surface area (Å²) in [5.41, 5.74) is 2.39. The SMILES string of the molecule is CCc1c2n(cc(C(=O)O)c1=O)C(CC)Cc1cc(OCC(=O)N3CCCC3)c(OC)cc1-2. The van der Waals surface area contributed by atoms with Crippen LogP contribution >= 0.6 is 0 Å². The van der Waals surface area contributed by atoms with E-state index in [1.165, 1.54) is 13.3 Å². The molecule has 1 saturated heterocycles. The fraction of sp³-hybridized carbons (Fsp3) is 0.480. The molecule has 4 rings (SSSR count). The van der Waals surface area contributed by atoms with Crippen LogP contribution in [-0.4, -0.2) is 53.3 Å². The number of likely N-dealkylation sites (tertiary alicyclic amines) is 1. The van der Waals surface area contributed by atoms with Gasteiger partial charge in [0.25, 0.3) is 5.91 Å². The van der Waals surface area contributed by atoms with Gasteiger partial charge in [0, 0.05) is 36.5 Å². The topological polar surface area (TPSA) is 98.1 Å². The predicted molar refractivity (Wildman–Crippen MR) is 123 cm³/mol. The van der Waals surface area contributed by atoms with Crippen LogP contribution < -0.4 is 14.9 Å². The van der Waals surface area contributed by atoms with Crippen molar-refractivity contribution in [3.05, 3.63) is 45.2 Å². The third-order valence-electron chi connectivity index (χ3n) is 6.69. The number of fused-ring (bicyclic) bond motifs is 3. The average molecular weight is 455 g/mol. The van der Waals surface area contributed by atoms with Crippen molar-refractivity contribution < 1.29 is 24.2 Å². The number of aromatic nitrogens is 1. The quantitative estimate of drug-likeness (QED) is 0.689. The fourth-order valence-corrected chi connectivity index (χ4v) is 4.91. The molecule has 0 aliphatic carbocycles. The molecule has 0 bridgehead atoms. The molecule has 3 heterocycles. The first-order chi connectivity index (χ1) is 15.9. The highest BCUT2D eigenvalue weighted by molar-refractivity contribution is 5.88. The van der Waals surface area contributed by atoms with Crippen molar-refractivity contribution in [2.24, 2.45) is 0 Å². The summed E-state index contributed by atoms with van der Waals surface area (Å²) in [5, 5.41) is 9.56. The van der Waals surface area contributed by atoms with Gasteiger partial charge in [0.05, 0.1) is 12.8 Å². The Morgan fingerprint density at radius 2 is 1.88 bits per heavy atom. The van der Waals surface area contributed by atoms with Crippen LogP contribution in [0, 0.1) is 0 Å². The molecule has 33 heavy (non-hydrogen) atoms. The van der Waals surface area contributed by atoms with Crippen LogP contribution in [0.5, 0.6) is 11.5 Å². The predicted octanol–water partition coefficient (Wildman–Crippen LogP) is 3.29. The van der Waals surface area contributed by atoms with Crippen molar-refractivity contribution >= 4 is 11.9 Å². The van der Waals surface area contributed by atoms with Crippen molar-refractivity contribution in [2.75, 3.05) is 26.8 Å². The number of carboxylic acid groups (broad SMARTS) is 1. The van der Waals surface area contributed by atoms with E-state index in [-0.39, 0.29) is 24.1 Å². The van der Waals surface area contributed by atoms with Gasteiger partial charge < -0.3 is 24.0 Å². The van der Waals surface area contributed by atoms with Crippen LogP contribution in [-0.2, 0) is 17.6 Å². The summed E-state index contributed by atoms with van der Waals surface area (Å²) in [6.07, 6.45) is 5.36. The van der Waals surface area contributed by atoms with Gasteiger partial charge in [0.1, 0.15) is 5.56 Å². The molecule has 1 atom stereocenters. The van der Waals surface area contributed by atoms with Crippen LogP contribution in [0.2, 0.25) is 0 Å². The summed E-state index contributed by atoms with van der Waals surface area (Å²) in [7, 11) is 1.54. The summed E-state index contributed by atoms with van der Waals surface area (Å²) in [5.74, 6) is -0.282. The minimum absolute atomic E-state index is 0.00368. The maximum Gasteiger partial charge on any atom is 0.341 e. The van der Waals surface area contributed by atoms with Crippen molar-refractivity contribution in [1.29, 1.82) is 0 Å². The third kappa shape index (κ3) is 4.10. The smallest absolute Gasteiger partial charge is 0.341 e. The lowest BCUT2D eigenvalue weighted by atomic mass is 9.87. The van der Waals surface area contributed by atoms with E-state index in [1.807, 2.05) is 35.4 Å². The molecular weight excluding hydrogens is 424 g/mol. The number of nitrogens with zero attached hydrogens (tertiary/aromatic N) is 2. The van der Waals surface area contributed by atoms with Crippen molar-refractivity contribution in [2.45, 2.75) is 52.0 Å². The highest BCUT2D eigenvalue weighted by Crippen LogP contribution is 2.43. The standard InChI is InChI=1S/C25H30N2O6/c1-4-16-10-15-11-21(33-14-22(28)26-8-6-7-9-26)20(32-3)12-18(15)23-17(5-2)24(29)19(25(30)31)13-27(16)23/h11-13,16H,4-10,14H2,1-3H3,(H,30,31). The minimum atomic E-state index is -1.21. The summed E-state index contributed by atoms with van der Waals surface area (Å²) in [4.78, 5) is 38.9. The first-order valence-corrected chi connectivity index (χ1v) is 11.5. The van der Waals surface area contributed by atoms with Gasteiger partial charge in [-0.2, -0.15) is 0 Å². The summed E-state index contributed by atoms with van der Waals surface area (Å²) >= 11 is 0. The molecule has 0 radical (unpaired) electrons. The van der Waals surface area contributed by atoms with Gasteiger partial charge in [-0.1, -0.05) is 13.8 Å². The van der Waals surface area contributed by atoms with Gasteiger partial charge >= 0.3 is 5.97 Å². The molecule has 2 aliphatic heterocycles.